The van der Waals surface area contributed by atoms with Gasteiger partial charge < -0.3 is 0 Å². The van der Waals surface area contributed by atoms with Gasteiger partial charge in [0.25, 0.3) is 0 Å². The quantitative estimate of drug-likeness (QED) is 0.227. The highest BCUT2D eigenvalue weighted by Gasteiger charge is 2.23. The second kappa shape index (κ2) is 9.87. The first-order valence-electron chi connectivity index (χ1n) is 12.2. The molecule has 5 aromatic rings. The Hall–Kier alpha value is -3.73. The molecule has 0 heterocycles. The van der Waals surface area contributed by atoms with Crippen molar-refractivity contribution in [2.75, 3.05) is 0 Å². The fourth-order valence-corrected chi connectivity index (χ4v) is 7.58. The van der Waals surface area contributed by atoms with Gasteiger partial charge in [-0.05, 0) is 69.7 Å². The van der Waals surface area contributed by atoms with Crippen molar-refractivity contribution in [3.8, 4) is 0 Å². The average molecular weight is 467 g/mol. The minimum absolute atomic E-state index is 0.682. The maximum atomic E-state index is 2.45. The lowest BCUT2D eigenvalue weighted by Crippen LogP contribution is -2.23. The van der Waals surface area contributed by atoms with Crippen molar-refractivity contribution in [3.63, 3.8) is 0 Å². The molecule has 6 rings (SSSR count). The first-order valence-corrected chi connectivity index (χ1v) is 13.6. The summed E-state index contributed by atoms with van der Waals surface area (Å²) in [6.07, 6.45) is 6.83. The van der Waals surface area contributed by atoms with Crippen molar-refractivity contribution in [2.24, 2.45) is 0 Å². The van der Waals surface area contributed by atoms with Gasteiger partial charge in [-0.3, -0.25) is 0 Å². The molecule has 168 valence electrons. The molecule has 0 aromatic heterocycles. The van der Waals surface area contributed by atoms with E-state index in [9.17, 15) is 0 Å². The van der Waals surface area contributed by atoms with Crippen LogP contribution in [0.25, 0.3) is 16.3 Å². The Labute approximate surface area is 209 Å². The van der Waals surface area contributed by atoms with Crippen LogP contribution in [0.3, 0.4) is 0 Å². The van der Waals surface area contributed by atoms with Crippen LogP contribution in [-0.2, 0) is 6.42 Å². The molecule has 0 amide bonds. The van der Waals surface area contributed by atoms with Crippen LogP contribution >= 0.6 is 7.92 Å². The van der Waals surface area contributed by atoms with Crippen LogP contribution in [0, 0.1) is 0 Å². The summed E-state index contributed by atoms with van der Waals surface area (Å²) in [5, 5.41) is 6.88. The van der Waals surface area contributed by atoms with Crippen LogP contribution in [0.2, 0.25) is 0 Å². The van der Waals surface area contributed by atoms with Gasteiger partial charge in [0.1, 0.15) is 0 Å². The normalized spacial score (nSPS) is 13.2. The smallest absolute Gasteiger partial charge is 0.00287 e. The lowest BCUT2D eigenvalue weighted by molar-refractivity contribution is 1.20. The summed E-state index contributed by atoms with van der Waals surface area (Å²) in [6.45, 7) is 0. The van der Waals surface area contributed by atoms with Crippen molar-refractivity contribution < 1.29 is 0 Å². The molecule has 35 heavy (non-hydrogen) atoms. The van der Waals surface area contributed by atoms with Gasteiger partial charge >= 0.3 is 0 Å². The largest absolute Gasteiger partial charge is 0.0765 e. The van der Waals surface area contributed by atoms with Gasteiger partial charge in [0.2, 0.25) is 0 Å². The molecule has 0 atom stereocenters. The highest BCUT2D eigenvalue weighted by molar-refractivity contribution is 7.80. The van der Waals surface area contributed by atoms with Gasteiger partial charge in [-0.2, -0.15) is 0 Å². The van der Waals surface area contributed by atoms with Crippen LogP contribution < -0.4 is 15.9 Å². The number of fused-ring (bicyclic) bond motifs is 1. The number of benzene rings is 5. The van der Waals surface area contributed by atoms with E-state index in [0.717, 1.165) is 12.8 Å². The van der Waals surface area contributed by atoms with Gasteiger partial charge in [-0.25, -0.2) is 0 Å². The van der Waals surface area contributed by atoms with E-state index in [-0.39, 0.29) is 0 Å². The maximum absolute atomic E-state index is 2.45. The summed E-state index contributed by atoms with van der Waals surface area (Å²) in [6, 6.07) is 46.4. The number of hydrogen-bond acceptors (Lipinski definition) is 0. The van der Waals surface area contributed by atoms with E-state index in [1.807, 2.05) is 0 Å². The standard InChI is InChI=1S/C34H27P/c1-4-12-26(13-5-1)24-27-20-21-29(25-27)34-32-19-11-10-14-28(32)22-23-33(34)35(30-15-6-2-7-16-30)31-17-8-3-9-18-31/h1-20,22-23,25H,21,24H2. The van der Waals surface area contributed by atoms with E-state index in [1.54, 1.807) is 0 Å². The molecule has 0 fully saturated rings. The molecule has 5 aromatic carbocycles. The first-order chi connectivity index (χ1) is 17.4. The summed E-state index contributed by atoms with van der Waals surface area (Å²) < 4.78 is 0. The van der Waals surface area contributed by atoms with Crippen molar-refractivity contribution in [1.29, 1.82) is 0 Å². The van der Waals surface area contributed by atoms with Crippen molar-refractivity contribution in [3.05, 3.63) is 156 Å². The number of hydrogen-bond donors (Lipinski definition) is 0. The summed E-state index contributed by atoms with van der Waals surface area (Å²) in [4.78, 5) is 0. The lowest BCUT2D eigenvalue weighted by Gasteiger charge is -2.24. The Kier molecular flexibility index (Phi) is 6.14. The summed E-state index contributed by atoms with van der Waals surface area (Å²) in [5.41, 5.74) is 5.63. The SMILES string of the molecule is C1=C(Cc2ccccc2)C=C(c2c(P(c3ccccc3)c3ccccc3)ccc3ccccc23)C1. The van der Waals surface area contributed by atoms with Gasteiger partial charge in [-0.1, -0.05) is 140 Å². The Bertz CT molecular complexity index is 1470. The van der Waals surface area contributed by atoms with Crippen LogP contribution in [0.5, 0.6) is 0 Å². The zero-order chi connectivity index (χ0) is 23.5. The van der Waals surface area contributed by atoms with E-state index in [4.69, 9.17) is 0 Å². The third-order valence-electron chi connectivity index (χ3n) is 6.69. The Morgan fingerprint density at radius 1 is 0.571 bits per heavy atom. The molecule has 0 aliphatic heterocycles. The summed E-state index contributed by atoms with van der Waals surface area (Å²) >= 11 is 0. The van der Waals surface area contributed by atoms with E-state index in [2.05, 4.69) is 140 Å². The van der Waals surface area contributed by atoms with Crippen LogP contribution in [0.1, 0.15) is 17.5 Å². The van der Waals surface area contributed by atoms with Gasteiger partial charge in [0.05, 0.1) is 0 Å². The second-order valence-corrected chi connectivity index (χ2v) is 11.2. The molecule has 1 heteroatoms. The molecule has 0 bridgehead atoms. The van der Waals surface area contributed by atoms with Crippen LogP contribution in [0.15, 0.2) is 145 Å². The van der Waals surface area contributed by atoms with E-state index in [0.29, 0.717) is 0 Å². The molecule has 0 saturated carbocycles. The summed E-state index contributed by atoms with van der Waals surface area (Å²) in [5.74, 6) is 0. The molecule has 0 unspecified atom stereocenters. The Balaban J connectivity index is 1.52. The van der Waals surface area contributed by atoms with Crippen LogP contribution in [-0.4, -0.2) is 0 Å². The third-order valence-corrected chi connectivity index (χ3v) is 9.18. The minimum Gasteiger partial charge on any atom is -0.0765 e. The molecular formula is C34H27P. The molecule has 0 spiro atoms. The first kappa shape index (κ1) is 21.8. The van der Waals surface area contributed by atoms with Crippen molar-refractivity contribution in [1.82, 2.24) is 0 Å². The Morgan fingerprint density at radius 3 is 1.86 bits per heavy atom. The zero-order valence-electron chi connectivity index (χ0n) is 19.6. The van der Waals surface area contributed by atoms with Gasteiger partial charge in [0.15, 0.2) is 0 Å². The molecule has 0 radical (unpaired) electrons. The predicted molar refractivity (Wildman–Crippen MR) is 153 cm³/mol. The summed E-state index contributed by atoms with van der Waals surface area (Å²) in [7, 11) is -0.682. The zero-order valence-corrected chi connectivity index (χ0v) is 20.5. The van der Waals surface area contributed by atoms with E-state index < -0.39 is 7.92 Å². The number of rotatable bonds is 6. The molecule has 0 nitrogen and oxygen atoms in total. The lowest BCUT2D eigenvalue weighted by atomic mass is 9.97. The molecule has 1 aliphatic rings. The van der Waals surface area contributed by atoms with Gasteiger partial charge in [0, 0.05) is 0 Å². The fraction of sp³-hybridized carbons (Fsp3) is 0.0588. The number of allylic oxidation sites excluding steroid dienone is 4. The average Bonchev–Trinajstić information content (AvgIpc) is 3.38. The van der Waals surface area contributed by atoms with E-state index >= 15 is 0 Å². The molecular weight excluding hydrogens is 439 g/mol. The predicted octanol–water partition coefficient (Wildman–Crippen LogP) is 7.55. The molecule has 0 saturated heterocycles. The fourth-order valence-electron chi connectivity index (χ4n) is 5.08. The molecule has 1 aliphatic carbocycles. The molecule has 0 N–H and O–H groups in total. The third kappa shape index (κ3) is 4.51. The van der Waals surface area contributed by atoms with Crippen molar-refractivity contribution in [2.45, 2.75) is 12.8 Å². The topological polar surface area (TPSA) is 0 Å². The van der Waals surface area contributed by atoms with E-state index in [1.165, 1.54) is 49.0 Å². The minimum atomic E-state index is -0.682. The Morgan fingerprint density at radius 2 is 1.17 bits per heavy atom. The van der Waals surface area contributed by atoms with Crippen LogP contribution in [0.4, 0.5) is 0 Å². The maximum Gasteiger partial charge on any atom is -0.00287 e. The monoisotopic (exact) mass is 466 g/mol. The second-order valence-electron chi connectivity index (χ2n) is 9.00. The van der Waals surface area contributed by atoms with Crippen molar-refractivity contribution >= 4 is 40.2 Å². The highest BCUT2D eigenvalue weighted by Crippen LogP contribution is 2.41. The highest BCUT2D eigenvalue weighted by atomic mass is 31.1. The van der Waals surface area contributed by atoms with Gasteiger partial charge in [-0.15, -0.1) is 0 Å².